The zero-order valence-corrected chi connectivity index (χ0v) is 11.3. The van der Waals surface area contributed by atoms with Crippen LogP contribution in [0.2, 0.25) is 0 Å². The van der Waals surface area contributed by atoms with Crippen molar-refractivity contribution in [2.75, 3.05) is 13.1 Å². The van der Waals surface area contributed by atoms with Gasteiger partial charge in [0.1, 0.15) is 0 Å². The minimum Gasteiger partial charge on any atom is -0.338 e. The molecule has 0 unspecified atom stereocenters. The fraction of sp³-hybridized carbons (Fsp3) is 0.615. The number of fused-ring (bicyclic) bond motifs is 1. The molecule has 1 aromatic rings. The predicted molar refractivity (Wildman–Crippen MR) is 71.1 cm³/mol. The third kappa shape index (κ3) is 2.23. The molecular weight excluding hydrogens is 254 g/mol. The smallest absolute Gasteiger partial charge is 0.263 e. The number of carbonyl (C=O) groups is 1. The van der Waals surface area contributed by atoms with Crippen LogP contribution in [0, 0.1) is 0 Å². The predicted octanol–water partition coefficient (Wildman–Crippen LogP) is 3.08. The molecule has 2 aliphatic rings. The number of hydrogen-bond acceptors (Lipinski definition) is 2. The lowest BCUT2D eigenvalue weighted by atomic mass is 10.1. The maximum absolute atomic E-state index is 12.3. The number of likely N-dealkylation sites (tertiary alicyclic amines) is 1. The van der Waals surface area contributed by atoms with Crippen molar-refractivity contribution in [1.29, 1.82) is 0 Å². The first-order valence-corrected chi connectivity index (χ1v) is 7.54. The standard InChI is InChI=1S/C13H16ClNOS/c14-10-4-6-15(7-5-10)13(16)12-8-9-2-1-3-11(9)17-12/h8,10H,1-7H2. The normalized spacial score (nSPS) is 20.6. The summed E-state index contributed by atoms with van der Waals surface area (Å²) in [6.45, 7) is 1.63. The number of carbonyl (C=O) groups excluding carboxylic acids is 1. The van der Waals surface area contributed by atoms with Crippen LogP contribution >= 0.6 is 22.9 Å². The molecule has 0 spiro atoms. The molecule has 4 heteroatoms. The largest absolute Gasteiger partial charge is 0.338 e. The third-order valence-corrected chi connectivity index (χ3v) is 5.33. The van der Waals surface area contributed by atoms with Crippen molar-refractivity contribution in [3.8, 4) is 0 Å². The second-order valence-electron chi connectivity index (χ2n) is 4.88. The minimum atomic E-state index is 0.216. The number of amides is 1. The molecule has 1 aliphatic carbocycles. The number of piperidine rings is 1. The molecule has 1 fully saturated rings. The number of nitrogens with zero attached hydrogens (tertiary/aromatic N) is 1. The monoisotopic (exact) mass is 269 g/mol. The van der Waals surface area contributed by atoms with Gasteiger partial charge in [0, 0.05) is 23.3 Å². The van der Waals surface area contributed by atoms with Crippen LogP contribution in [-0.2, 0) is 12.8 Å². The summed E-state index contributed by atoms with van der Waals surface area (Å²) in [7, 11) is 0. The van der Waals surface area contributed by atoms with E-state index in [1.165, 1.54) is 16.9 Å². The van der Waals surface area contributed by atoms with Gasteiger partial charge in [-0.15, -0.1) is 22.9 Å². The minimum absolute atomic E-state index is 0.216. The molecule has 17 heavy (non-hydrogen) atoms. The number of aryl methyl sites for hydroxylation is 2. The Labute approximate surface area is 111 Å². The molecule has 92 valence electrons. The highest BCUT2D eigenvalue weighted by atomic mass is 35.5. The molecule has 0 aromatic carbocycles. The SMILES string of the molecule is O=C(c1cc2c(s1)CCC2)N1CCC(Cl)CC1. The van der Waals surface area contributed by atoms with Crippen LogP contribution in [0.5, 0.6) is 0 Å². The van der Waals surface area contributed by atoms with E-state index in [0.29, 0.717) is 0 Å². The van der Waals surface area contributed by atoms with Gasteiger partial charge in [-0.25, -0.2) is 0 Å². The molecule has 2 heterocycles. The lowest BCUT2D eigenvalue weighted by Gasteiger charge is -2.28. The van der Waals surface area contributed by atoms with Crippen molar-refractivity contribution in [3.63, 3.8) is 0 Å². The zero-order valence-electron chi connectivity index (χ0n) is 9.75. The van der Waals surface area contributed by atoms with Crippen molar-refractivity contribution < 1.29 is 4.79 Å². The molecule has 1 saturated heterocycles. The van der Waals surface area contributed by atoms with Crippen LogP contribution < -0.4 is 0 Å². The quantitative estimate of drug-likeness (QED) is 0.718. The maximum Gasteiger partial charge on any atom is 0.263 e. The van der Waals surface area contributed by atoms with Crippen LogP contribution in [-0.4, -0.2) is 29.3 Å². The molecule has 0 radical (unpaired) electrons. The van der Waals surface area contributed by atoms with E-state index < -0.39 is 0 Å². The van der Waals surface area contributed by atoms with E-state index >= 15 is 0 Å². The molecule has 1 aliphatic heterocycles. The average Bonchev–Trinajstić information content (AvgIpc) is 2.89. The van der Waals surface area contributed by atoms with E-state index in [1.807, 2.05) is 4.90 Å². The van der Waals surface area contributed by atoms with Crippen molar-refractivity contribution in [2.24, 2.45) is 0 Å². The van der Waals surface area contributed by atoms with Crippen molar-refractivity contribution in [2.45, 2.75) is 37.5 Å². The molecule has 0 saturated carbocycles. The number of rotatable bonds is 1. The highest BCUT2D eigenvalue weighted by Crippen LogP contribution is 2.31. The maximum atomic E-state index is 12.3. The van der Waals surface area contributed by atoms with Crippen LogP contribution in [0.3, 0.4) is 0 Å². The van der Waals surface area contributed by atoms with Gasteiger partial charge in [-0.05, 0) is 43.7 Å². The molecular formula is C13H16ClNOS. The molecule has 0 bridgehead atoms. The van der Waals surface area contributed by atoms with Gasteiger partial charge in [0.2, 0.25) is 0 Å². The van der Waals surface area contributed by atoms with Crippen LogP contribution in [0.15, 0.2) is 6.07 Å². The lowest BCUT2D eigenvalue weighted by Crippen LogP contribution is -2.38. The van der Waals surface area contributed by atoms with Gasteiger partial charge in [-0.3, -0.25) is 4.79 Å². The van der Waals surface area contributed by atoms with E-state index in [0.717, 1.165) is 43.6 Å². The third-order valence-electron chi connectivity index (χ3n) is 3.67. The average molecular weight is 270 g/mol. The number of alkyl halides is 1. The topological polar surface area (TPSA) is 20.3 Å². The molecule has 0 atom stereocenters. The summed E-state index contributed by atoms with van der Waals surface area (Å²) in [5.74, 6) is 0.216. The number of hydrogen-bond donors (Lipinski definition) is 0. The summed E-state index contributed by atoms with van der Waals surface area (Å²) in [5, 5.41) is 0.257. The van der Waals surface area contributed by atoms with E-state index in [2.05, 4.69) is 6.07 Å². The summed E-state index contributed by atoms with van der Waals surface area (Å²) in [5.41, 5.74) is 1.41. The second-order valence-corrected chi connectivity index (χ2v) is 6.63. The zero-order chi connectivity index (χ0) is 11.8. The Bertz CT molecular complexity index is 413. The van der Waals surface area contributed by atoms with Gasteiger partial charge in [-0.1, -0.05) is 0 Å². The van der Waals surface area contributed by atoms with Gasteiger partial charge in [0.15, 0.2) is 0 Å². The molecule has 1 amide bonds. The Morgan fingerprint density at radius 1 is 1.35 bits per heavy atom. The van der Waals surface area contributed by atoms with Crippen molar-refractivity contribution in [1.82, 2.24) is 4.90 Å². The van der Waals surface area contributed by atoms with E-state index in [9.17, 15) is 4.79 Å². The van der Waals surface area contributed by atoms with E-state index in [4.69, 9.17) is 11.6 Å². The summed E-state index contributed by atoms with van der Waals surface area (Å²) < 4.78 is 0. The summed E-state index contributed by atoms with van der Waals surface area (Å²) in [6.07, 6.45) is 5.43. The molecule has 3 rings (SSSR count). The highest BCUT2D eigenvalue weighted by molar-refractivity contribution is 7.14. The molecule has 1 aromatic heterocycles. The Kier molecular flexibility index (Phi) is 3.14. The number of thiophene rings is 1. The Balaban J connectivity index is 1.73. The van der Waals surface area contributed by atoms with Crippen LogP contribution in [0.4, 0.5) is 0 Å². The first-order chi connectivity index (χ1) is 8.24. The van der Waals surface area contributed by atoms with Crippen molar-refractivity contribution >= 4 is 28.8 Å². The second kappa shape index (κ2) is 4.62. The Hall–Kier alpha value is -0.540. The first kappa shape index (κ1) is 11.5. The van der Waals surface area contributed by atoms with Gasteiger partial charge < -0.3 is 4.90 Å². The molecule has 2 nitrogen and oxygen atoms in total. The van der Waals surface area contributed by atoms with E-state index in [-0.39, 0.29) is 11.3 Å². The van der Waals surface area contributed by atoms with Crippen molar-refractivity contribution in [3.05, 3.63) is 21.4 Å². The fourth-order valence-corrected chi connectivity index (χ4v) is 4.06. The summed E-state index contributed by atoms with van der Waals surface area (Å²) in [6, 6.07) is 2.11. The molecule has 0 N–H and O–H groups in total. The van der Waals surface area contributed by atoms with Crippen LogP contribution in [0.1, 0.15) is 39.4 Å². The van der Waals surface area contributed by atoms with Gasteiger partial charge in [0.25, 0.3) is 5.91 Å². The lowest BCUT2D eigenvalue weighted by molar-refractivity contribution is 0.0731. The van der Waals surface area contributed by atoms with Gasteiger partial charge in [-0.2, -0.15) is 0 Å². The summed E-state index contributed by atoms with van der Waals surface area (Å²) >= 11 is 7.76. The van der Waals surface area contributed by atoms with Crippen LogP contribution in [0.25, 0.3) is 0 Å². The Morgan fingerprint density at radius 2 is 2.12 bits per heavy atom. The van der Waals surface area contributed by atoms with Gasteiger partial charge in [0.05, 0.1) is 4.88 Å². The summed E-state index contributed by atoms with van der Waals surface area (Å²) in [4.78, 5) is 16.6. The first-order valence-electron chi connectivity index (χ1n) is 6.29. The highest BCUT2D eigenvalue weighted by Gasteiger charge is 2.25. The number of halogens is 1. The van der Waals surface area contributed by atoms with Gasteiger partial charge >= 0.3 is 0 Å². The van der Waals surface area contributed by atoms with E-state index in [1.54, 1.807) is 11.3 Å². The fourth-order valence-electron chi connectivity index (χ4n) is 2.64. The Morgan fingerprint density at radius 3 is 2.82 bits per heavy atom.